The molecule has 1 heterocycles. The third kappa shape index (κ3) is 4.66. The van der Waals surface area contributed by atoms with Gasteiger partial charge in [0, 0.05) is 13.1 Å². The van der Waals surface area contributed by atoms with Crippen molar-refractivity contribution >= 4 is 5.91 Å². The molecule has 0 unspecified atom stereocenters. The maximum absolute atomic E-state index is 12.3. The Morgan fingerprint density at radius 1 is 1.12 bits per heavy atom. The molecular formula is C20H30N2O3. The van der Waals surface area contributed by atoms with Gasteiger partial charge in [-0.2, -0.15) is 0 Å². The van der Waals surface area contributed by atoms with Gasteiger partial charge in [-0.05, 0) is 48.9 Å². The number of amides is 1. The number of methoxy groups -OCH3 is 2. The molecule has 0 bridgehead atoms. The molecule has 2 fully saturated rings. The van der Waals surface area contributed by atoms with E-state index in [-0.39, 0.29) is 5.91 Å². The van der Waals surface area contributed by atoms with Crippen LogP contribution in [-0.2, 0) is 11.3 Å². The van der Waals surface area contributed by atoms with Gasteiger partial charge < -0.3 is 14.8 Å². The second kappa shape index (κ2) is 8.56. The number of ether oxygens (including phenoxy) is 2. The Bertz CT molecular complexity index is 590. The highest BCUT2D eigenvalue weighted by atomic mass is 16.5. The van der Waals surface area contributed by atoms with E-state index in [1.165, 1.54) is 32.1 Å². The number of hydrogen-bond donors (Lipinski definition) is 1. The first-order valence-corrected chi connectivity index (χ1v) is 9.39. The monoisotopic (exact) mass is 346 g/mol. The van der Waals surface area contributed by atoms with Gasteiger partial charge in [-0.3, -0.25) is 9.69 Å². The Labute approximate surface area is 150 Å². The predicted octanol–water partition coefficient (Wildman–Crippen LogP) is 2.83. The highest BCUT2D eigenvalue weighted by Crippen LogP contribution is 2.35. The summed E-state index contributed by atoms with van der Waals surface area (Å²) in [6.45, 7) is 3.18. The number of nitrogens with one attached hydrogen (secondary N) is 1. The molecule has 5 nitrogen and oxygen atoms in total. The van der Waals surface area contributed by atoms with Gasteiger partial charge in [0.2, 0.25) is 5.91 Å². The van der Waals surface area contributed by atoms with Crippen LogP contribution in [0, 0.1) is 11.8 Å². The largest absolute Gasteiger partial charge is 0.493 e. The van der Waals surface area contributed by atoms with Crippen molar-refractivity contribution < 1.29 is 14.3 Å². The molecule has 1 saturated heterocycles. The molecule has 1 aromatic rings. The highest BCUT2D eigenvalue weighted by molar-refractivity contribution is 5.78. The van der Waals surface area contributed by atoms with Crippen LogP contribution in [0.15, 0.2) is 18.2 Å². The molecule has 138 valence electrons. The topological polar surface area (TPSA) is 50.8 Å². The van der Waals surface area contributed by atoms with Crippen molar-refractivity contribution in [2.45, 2.75) is 38.6 Å². The van der Waals surface area contributed by atoms with Crippen LogP contribution in [-0.4, -0.2) is 44.7 Å². The van der Waals surface area contributed by atoms with Crippen LogP contribution in [0.5, 0.6) is 11.5 Å². The lowest BCUT2D eigenvalue weighted by atomic mass is 9.75. The summed E-state index contributed by atoms with van der Waals surface area (Å²) in [6, 6.07) is 5.73. The van der Waals surface area contributed by atoms with E-state index in [1.54, 1.807) is 14.2 Å². The summed E-state index contributed by atoms with van der Waals surface area (Å²) < 4.78 is 10.6. The Hall–Kier alpha value is -1.75. The fraction of sp³-hybridized carbons (Fsp3) is 0.650. The zero-order valence-electron chi connectivity index (χ0n) is 15.4. The summed E-state index contributed by atoms with van der Waals surface area (Å²) in [5.74, 6) is 3.20. The first kappa shape index (κ1) is 18.1. The van der Waals surface area contributed by atoms with E-state index in [1.807, 2.05) is 18.2 Å². The average molecular weight is 346 g/mol. The van der Waals surface area contributed by atoms with Gasteiger partial charge >= 0.3 is 0 Å². The molecule has 25 heavy (non-hydrogen) atoms. The van der Waals surface area contributed by atoms with Gasteiger partial charge in [0.15, 0.2) is 11.5 Å². The standard InChI is InChI=1S/C20H30N2O3/c1-24-18-8-7-15(11-19(18)25-2)12-21-20(23)14-22-10-9-16-5-3-4-6-17(16)13-22/h7-8,11,16-17H,3-6,9-10,12-14H2,1-2H3,(H,21,23)/t16-,17-/m0/s1. The summed E-state index contributed by atoms with van der Waals surface area (Å²) in [5, 5.41) is 3.03. The summed E-state index contributed by atoms with van der Waals surface area (Å²) in [4.78, 5) is 14.6. The number of benzene rings is 1. The molecule has 1 aliphatic heterocycles. The minimum Gasteiger partial charge on any atom is -0.493 e. The molecule has 2 aliphatic rings. The van der Waals surface area contributed by atoms with Crippen molar-refractivity contribution in [3.8, 4) is 11.5 Å². The third-order valence-electron chi connectivity index (χ3n) is 5.68. The van der Waals surface area contributed by atoms with Crippen molar-refractivity contribution in [2.75, 3.05) is 33.9 Å². The second-order valence-electron chi connectivity index (χ2n) is 7.29. The molecule has 0 aromatic heterocycles. The zero-order chi connectivity index (χ0) is 17.6. The van der Waals surface area contributed by atoms with Gasteiger partial charge in [-0.1, -0.05) is 25.3 Å². The van der Waals surface area contributed by atoms with Crippen molar-refractivity contribution in [1.29, 1.82) is 0 Å². The summed E-state index contributed by atoms with van der Waals surface area (Å²) in [5.41, 5.74) is 1.01. The lowest BCUT2D eigenvalue weighted by Gasteiger charge is -2.41. The normalized spacial score (nSPS) is 23.6. The van der Waals surface area contributed by atoms with Crippen molar-refractivity contribution in [1.82, 2.24) is 10.2 Å². The smallest absolute Gasteiger partial charge is 0.234 e. The summed E-state index contributed by atoms with van der Waals surface area (Å²) in [7, 11) is 3.24. The summed E-state index contributed by atoms with van der Waals surface area (Å²) in [6.07, 6.45) is 6.75. The second-order valence-corrected chi connectivity index (χ2v) is 7.29. The Balaban J connectivity index is 1.46. The number of carbonyl (C=O) groups excluding carboxylic acids is 1. The van der Waals surface area contributed by atoms with Crippen molar-refractivity contribution in [3.05, 3.63) is 23.8 Å². The van der Waals surface area contributed by atoms with Crippen molar-refractivity contribution in [3.63, 3.8) is 0 Å². The van der Waals surface area contributed by atoms with Crippen molar-refractivity contribution in [2.24, 2.45) is 11.8 Å². The number of piperidine rings is 1. The molecule has 3 rings (SSSR count). The lowest BCUT2D eigenvalue weighted by molar-refractivity contribution is -0.123. The molecule has 1 aromatic carbocycles. The summed E-state index contributed by atoms with van der Waals surface area (Å²) >= 11 is 0. The molecule has 5 heteroatoms. The number of rotatable bonds is 6. The van der Waals surface area contributed by atoms with Crippen LogP contribution in [0.25, 0.3) is 0 Å². The van der Waals surface area contributed by atoms with E-state index in [4.69, 9.17) is 9.47 Å². The fourth-order valence-electron chi connectivity index (χ4n) is 4.27. The molecular weight excluding hydrogens is 316 g/mol. The van der Waals surface area contributed by atoms with E-state index in [0.29, 0.717) is 24.6 Å². The van der Waals surface area contributed by atoms with Crippen LogP contribution in [0.2, 0.25) is 0 Å². The Morgan fingerprint density at radius 3 is 2.64 bits per heavy atom. The van der Waals surface area contributed by atoms with Gasteiger partial charge in [0.05, 0.1) is 20.8 Å². The zero-order valence-corrected chi connectivity index (χ0v) is 15.4. The maximum Gasteiger partial charge on any atom is 0.234 e. The van der Waals surface area contributed by atoms with Gasteiger partial charge in [-0.15, -0.1) is 0 Å². The number of hydrogen-bond acceptors (Lipinski definition) is 4. The minimum absolute atomic E-state index is 0.101. The van der Waals surface area contributed by atoms with E-state index in [2.05, 4.69) is 10.2 Å². The van der Waals surface area contributed by atoms with Crippen LogP contribution < -0.4 is 14.8 Å². The van der Waals surface area contributed by atoms with E-state index in [0.717, 1.165) is 30.5 Å². The first-order chi connectivity index (χ1) is 12.2. The average Bonchev–Trinajstić information content (AvgIpc) is 2.66. The molecule has 1 amide bonds. The SMILES string of the molecule is COc1ccc(CNC(=O)CN2CC[C@@H]3CCCC[C@H]3C2)cc1OC. The molecule has 1 saturated carbocycles. The fourth-order valence-corrected chi connectivity index (χ4v) is 4.27. The number of likely N-dealkylation sites (tertiary alicyclic amines) is 1. The van der Waals surface area contributed by atoms with E-state index in [9.17, 15) is 4.79 Å². The number of nitrogens with zero attached hydrogens (tertiary/aromatic N) is 1. The van der Waals surface area contributed by atoms with E-state index < -0.39 is 0 Å². The number of carbonyl (C=O) groups is 1. The Kier molecular flexibility index (Phi) is 6.19. The predicted molar refractivity (Wildman–Crippen MR) is 97.9 cm³/mol. The minimum atomic E-state index is 0.101. The maximum atomic E-state index is 12.3. The first-order valence-electron chi connectivity index (χ1n) is 9.39. The molecule has 0 spiro atoms. The van der Waals surface area contributed by atoms with Crippen LogP contribution in [0.3, 0.4) is 0 Å². The van der Waals surface area contributed by atoms with Gasteiger partial charge in [-0.25, -0.2) is 0 Å². The highest BCUT2D eigenvalue weighted by Gasteiger charge is 2.31. The molecule has 1 N–H and O–H groups in total. The molecule has 1 aliphatic carbocycles. The van der Waals surface area contributed by atoms with Crippen LogP contribution >= 0.6 is 0 Å². The van der Waals surface area contributed by atoms with Gasteiger partial charge in [0.1, 0.15) is 0 Å². The Morgan fingerprint density at radius 2 is 1.88 bits per heavy atom. The van der Waals surface area contributed by atoms with E-state index >= 15 is 0 Å². The lowest BCUT2D eigenvalue weighted by Crippen LogP contribution is -2.46. The quantitative estimate of drug-likeness (QED) is 0.860. The third-order valence-corrected chi connectivity index (χ3v) is 5.68. The van der Waals surface area contributed by atoms with Crippen LogP contribution in [0.4, 0.5) is 0 Å². The van der Waals surface area contributed by atoms with Gasteiger partial charge in [0.25, 0.3) is 0 Å². The number of fused-ring (bicyclic) bond motifs is 1. The molecule has 0 radical (unpaired) electrons. The molecule has 2 atom stereocenters. The van der Waals surface area contributed by atoms with Crippen LogP contribution in [0.1, 0.15) is 37.7 Å².